The second-order valence-electron chi connectivity index (χ2n) is 7.92. The Balaban J connectivity index is 1.37. The van der Waals surface area contributed by atoms with Crippen LogP contribution in [-0.2, 0) is 0 Å². The van der Waals surface area contributed by atoms with E-state index in [2.05, 4.69) is 5.32 Å². The summed E-state index contributed by atoms with van der Waals surface area (Å²) >= 11 is 1.60. The van der Waals surface area contributed by atoms with Crippen LogP contribution in [-0.4, -0.2) is 5.91 Å². The maximum atomic E-state index is 12.9. The molecule has 166 valence electrons. The molecule has 0 saturated heterocycles. The lowest BCUT2D eigenvalue weighted by Crippen LogP contribution is -2.12. The zero-order valence-electron chi connectivity index (χ0n) is 18.4. The number of anilines is 1. The Kier molecular flexibility index (Phi) is 6.02. The molecule has 0 atom stereocenters. The van der Waals surface area contributed by atoms with E-state index >= 15 is 0 Å². The number of carbonyl (C=O) groups is 1. The van der Waals surface area contributed by atoms with Crippen LogP contribution in [0.2, 0.25) is 0 Å². The maximum absolute atomic E-state index is 12.9. The summed E-state index contributed by atoms with van der Waals surface area (Å²) < 4.78 is 5.95. The molecule has 0 spiro atoms. The molecule has 1 N–H and O–H groups in total. The third kappa shape index (κ3) is 4.65. The van der Waals surface area contributed by atoms with Gasteiger partial charge in [0.1, 0.15) is 11.3 Å². The molecule has 0 bridgehead atoms. The van der Waals surface area contributed by atoms with Gasteiger partial charge in [0.25, 0.3) is 5.91 Å². The summed E-state index contributed by atoms with van der Waals surface area (Å²) in [6, 6.07) is 31.8. The third-order valence-electron chi connectivity index (χ3n) is 5.42. The van der Waals surface area contributed by atoms with Crippen molar-refractivity contribution in [3.05, 3.63) is 124 Å². The second kappa shape index (κ2) is 9.41. The summed E-state index contributed by atoms with van der Waals surface area (Å²) in [5, 5.41) is 3.57. The van der Waals surface area contributed by atoms with Crippen molar-refractivity contribution in [1.29, 1.82) is 0 Å². The summed E-state index contributed by atoms with van der Waals surface area (Å²) in [6.45, 7) is 1.94. The number of benzene rings is 4. The van der Waals surface area contributed by atoms with Gasteiger partial charge in [0.2, 0.25) is 0 Å². The quantitative estimate of drug-likeness (QED) is 0.300. The van der Waals surface area contributed by atoms with Gasteiger partial charge in [-0.1, -0.05) is 65.9 Å². The van der Waals surface area contributed by atoms with Crippen LogP contribution in [0.1, 0.15) is 15.9 Å². The van der Waals surface area contributed by atoms with E-state index in [9.17, 15) is 9.59 Å². The highest BCUT2D eigenvalue weighted by molar-refractivity contribution is 7.99. The van der Waals surface area contributed by atoms with Crippen LogP contribution < -0.4 is 10.7 Å². The first kappa shape index (κ1) is 21.7. The zero-order chi connectivity index (χ0) is 23.5. The van der Waals surface area contributed by atoms with Crippen LogP contribution >= 0.6 is 11.8 Å². The molecular weight excluding hydrogens is 442 g/mol. The molecule has 0 unspecified atom stereocenters. The second-order valence-corrected chi connectivity index (χ2v) is 9.03. The number of nitrogens with one attached hydrogen (secondary N) is 1. The number of aryl methyl sites for hydroxylation is 1. The molecule has 34 heavy (non-hydrogen) atoms. The van der Waals surface area contributed by atoms with Gasteiger partial charge in [0, 0.05) is 27.0 Å². The number of hydrogen-bond acceptors (Lipinski definition) is 4. The molecule has 5 heteroatoms. The molecule has 0 aliphatic carbocycles. The van der Waals surface area contributed by atoms with Crippen molar-refractivity contribution in [3.8, 4) is 11.3 Å². The van der Waals surface area contributed by atoms with Crippen molar-refractivity contribution < 1.29 is 9.21 Å². The standard InChI is InChI=1S/C29H21NO3S/c1-19-11-16-26-23(17-19)25(31)18-27(33-26)20-12-14-21(15-13-20)29(32)30-24-9-5-6-10-28(24)34-22-7-3-2-4-8-22/h2-18H,1H3,(H,30,32). The van der Waals surface area contributed by atoms with Crippen molar-refractivity contribution in [2.45, 2.75) is 16.7 Å². The van der Waals surface area contributed by atoms with Crippen LogP contribution in [0, 0.1) is 6.92 Å². The van der Waals surface area contributed by atoms with Gasteiger partial charge >= 0.3 is 0 Å². The van der Waals surface area contributed by atoms with Crippen LogP contribution in [0.3, 0.4) is 0 Å². The van der Waals surface area contributed by atoms with Gasteiger partial charge < -0.3 is 9.73 Å². The monoisotopic (exact) mass is 463 g/mol. The predicted molar refractivity (Wildman–Crippen MR) is 138 cm³/mol. The van der Waals surface area contributed by atoms with Gasteiger partial charge in [0.15, 0.2) is 5.43 Å². The Labute approximate surface area is 201 Å². The van der Waals surface area contributed by atoms with E-state index in [1.807, 2.05) is 79.7 Å². The Hall–Kier alpha value is -4.09. The van der Waals surface area contributed by atoms with Crippen LogP contribution in [0.5, 0.6) is 0 Å². The van der Waals surface area contributed by atoms with Gasteiger partial charge in [-0.25, -0.2) is 0 Å². The number of carbonyl (C=O) groups excluding carboxylic acids is 1. The number of amides is 1. The summed E-state index contributed by atoms with van der Waals surface area (Å²) in [7, 11) is 0. The average Bonchev–Trinajstić information content (AvgIpc) is 2.86. The third-order valence-corrected chi connectivity index (χ3v) is 6.50. The minimum absolute atomic E-state index is 0.0886. The lowest BCUT2D eigenvalue weighted by molar-refractivity contribution is 0.102. The Bertz CT molecular complexity index is 1540. The van der Waals surface area contributed by atoms with Gasteiger partial charge in [0.05, 0.1) is 11.1 Å². The minimum Gasteiger partial charge on any atom is -0.456 e. The number of hydrogen-bond donors (Lipinski definition) is 1. The Morgan fingerprint density at radius 2 is 1.56 bits per heavy atom. The summed E-state index contributed by atoms with van der Waals surface area (Å²) in [5.74, 6) is 0.265. The summed E-state index contributed by atoms with van der Waals surface area (Å²) in [6.07, 6.45) is 0. The SMILES string of the molecule is Cc1ccc2oc(-c3ccc(C(=O)Nc4ccccc4Sc4ccccc4)cc3)cc(=O)c2c1. The van der Waals surface area contributed by atoms with Crippen molar-refractivity contribution in [1.82, 2.24) is 0 Å². The van der Waals surface area contributed by atoms with E-state index in [-0.39, 0.29) is 11.3 Å². The normalized spacial score (nSPS) is 10.9. The Morgan fingerprint density at radius 1 is 0.824 bits per heavy atom. The fourth-order valence-corrected chi connectivity index (χ4v) is 4.59. The van der Waals surface area contributed by atoms with Gasteiger partial charge in [-0.15, -0.1) is 0 Å². The molecule has 0 saturated carbocycles. The molecule has 5 aromatic rings. The number of fused-ring (bicyclic) bond motifs is 1. The Morgan fingerprint density at radius 3 is 2.35 bits per heavy atom. The fraction of sp³-hybridized carbons (Fsp3) is 0.0345. The van der Waals surface area contributed by atoms with E-state index < -0.39 is 0 Å². The molecule has 4 nitrogen and oxygen atoms in total. The highest BCUT2D eigenvalue weighted by Crippen LogP contribution is 2.33. The van der Waals surface area contributed by atoms with Crippen LogP contribution in [0.15, 0.2) is 122 Å². The highest BCUT2D eigenvalue weighted by Gasteiger charge is 2.12. The molecule has 0 aliphatic rings. The molecule has 4 aromatic carbocycles. The molecule has 1 amide bonds. The summed E-state index contributed by atoms with van der Waals surface area (Å²) in [4.78, 5) is 27.5. The lowest BCUT2D eigenvalue weighted by atomic mass is 10.1. The lowest BCUT2D eigenvalue weighted by Gasteiger charge is -2.11. The molecular formula is C29H21NO3S. The van der Waals surface area contributed by atoms with E-state index in [4.69, 9.17) is 4.42 Å². The molecule has 0 fully saturated rings. The van der Waals surface area contributed by atoms with Gasteiger partial charge in [-0.05, 0) is 55.5 Å². The van der Waals surface area contributed by atoms with Gasteiger partial charge in [-0.3, -0.25) is 9.59 Å². The zero-order valence-corrected chi connectivity index (χ0v) is 19.3. The van der Waals surface area contributed by atoms with Crippen LogP contribution in [0.4, 0.5) is 5.69 Å². The average molecular weight is 464 g/mol. The van der Waals surface area contributed by atoms with E-state index in [0.717, 1.165) is 26.6 Å². The predicted octanol–water partition coefficient (Wildman–Crippen LogP) is 7.17. The molecule has 1 heterocycles. The van der Waals surface area contributed by atoms with E-state index in [1.165, 1.54) is 6.07 Å². The largest absolute Gasteiger partial charge is 0.456 e. The molecule has 0 radical (unpaired) electrons. The van der Waals surface area contributed by atoms with E-state index in [1.54, 1.807) is 36.0 Å². The van der Waals surface area contributed by atoms with Crippen molar-refractivity contribution in [3.63, 3.8) is 0 Å². The number of para-hydroxylation sites is 1. The van der Waals surface area contributed by atoms with E-state index in [0.29, 0.717) is 22.3 Å². The maximum Gasteiger partial charge on any atom is 0.255 e. The minimum atomic E-state index is -0.205. The van der Waals surface area contributed by atoms with Crippen molar-refractivity contribution in [2.24, 2.45) is 0 Å². The molecule has 1 aromatic heterocycles. The van der Waals surface area contributed by atoms with Gasteiger partial charge in [-0.2, -0.15) is 0 Å². The fourth-order valence-electron chi connectivity index (χ4n) is 3.67. The van der Waals surface area contributed by atoms with Crippen molar-refractivity contribution in [2.75, 3.05) is 5.32 Å². The number of rotatable bonds is 5. The van der Waals surface area contributed by atoms with Crippen molar-refractivity contribution >= 4 is 34.3 Å². The smallest absolute Gasteiger partial charge is 0.255 e. The summed E-state index contributed by atoms with van der Waals surface area (Å²) in [5.41, 5.74) is 3.46. The highest BCUT2D eigenvalue weighted by atomic mass is 32.2. The first-order valence-corrected chi connectivity index (χ1v) is 11.7. The topological polar surface area (TPSA) is 59.3 Å². The molecule has 0 aliphatic heterocycles. The first-order chi connectivity index (χ1) is 16.6. The van der Waals surface area contributed by atoms with Crippen LogP contribution in [0.25, 0.3) is 22.3 Å². The molecule has 5 rings (SSSR count). The first-order valence-electron chi connectivity index (χ1n) is 10.8.